The molecule has 23 heavy (non-hydrogen) atoms. The fourth-order valence-corrected chi connectivity index (χ4v) is 4.78. The highest BCUT2D eigenvalue weighted by Gasteiger charge is 2.41. The zero-order valence-corrected chi connectivity index (χ0v) is 15.3. The number of benzene rings is 1. The summed E-state index contributed by atoms with van der Waals surface area (Å²) in [7, 11) is -0.0329. The fourth-order valence-electron chi connectivity index (χ4n) is 3.21. The molecular weight excluding hydrogens is 300 g/mol. The van der Waals surface area contributed by atoms with Gasteiger partial charge in [0.1, 0.15) is 5.82 Å². The van der Waals surface area contributed by atoms with Crippen LogP contribution in [0.25, 0.3) is 0 Å². The van der Waals surface area contributed by atoms with Gasteiger partial charge in [-0.05, 0) is 31.2 Å². The highest BCUT2D eigenvalue weighted by atomic mass is 28.2. The Morgan fingerprint density at radius 2 is 1.83 bits per heavy atom. The van der Waals surface area contributed by atoms with E-state index in [4.69, 9.17) is 0 Å². The van der Waals surface area contributed by atoms with Gasteiger partial charge < -0.3 is 13.7 Å². The lowest BCUT2D eigenvalue weighted by Crippen LogP contribution is -2.72. The first-order valence-electron chi connectivity index (χ1n) is 8.44. The Labute approximate surface area is 142 Å². The molecule has 0 atom stereocenters. The third-order valence-electron chi connectivity index (χ3n) is 4.60. The summed E-state index contributed by atoms with van der Waals surface area (Å²) in [6, 6.07) is 12.8. The van der Waals surface area contributed by atoms with Crippen LogP contribution in [0.15, 0.2) is 42.6 Å². The monoisotopic (exact) mass is 324 g/mol. The van der Waals surface area contributed by atoms with Crippen molar-refractivity contribution in [2.75, 3.05) is 15.5 Å². The average Bonchev–Trinajstić information content (AvgIpc) is 3.10. The van der Waals surface area contributed by atoms with Crippen molar-refractivity contribution < 1.29 is 0 Å². The van der Waals surface area contributed by atoms with Crippen LogP contribution in [0, 0.1) is 0 Å². The zero-order chi connectivity index (χ0) is 16.2. The maximum atomic E-state index is 4.15. The molecule has 1 radical (unpaired) electrons. The van der Waals surface area contributed by atoms with Crippen LogP contribution in [0.4, 0.5) is 11.5 Å². The first kappa shape index (κ1) is 16.2. The lowest BCUT2D eigenvalue weighted by molar-refractivity contribution is 0.590. The topological polar surface area (TPSA) is 38.4 Å². The van der Waals surface area contributed by atoms with E-state index in [9.17, 15) is 0 Å². The summed E-state index contributed by atoms with van der Waals surface area (Å²) in [6.07, 6.45) is 4.28. The minimum atomic E-state index is -0.0329. The normalized spacial score (nSPS) is 16.3. The van der Waals surface area contributed by atoms with Gasteiger partial charge in [-0.15, -0.1) is 0 Å². The van der Waals surface area contributed by atoms with Gasteiger partial charge in [0.2, 0.25) is 0 Å². The number of anilines is 2. The highest BCUT2D eigenvalue weighted by molar-refractivity contribution is 6.92. The second-order valence-electron chi connectivity index (χ2n) is 6.06. The number of hydrogen-bond donors (Lipinski definition) is 1. The maximum absolute atomic E-state index is 4.15. The van der Waals surface area contributed by atoms with Crippen molar-refractivity contribution in [1.29, 1.82) is 0 Å². The molecule has 1 aliphatic rings. The predicted molar refractivity (Wildman–Crippen MR) is 102 cm³/mol. The molecule has 0 spiro atoms. The summed E-state index contributed by atoms with van der Waals surface area (Å²) < 4.78 is 7.60. The number of nitrogens with zero attached hydrogens (tertiary/aromatic N) is 4. The lowest BCUT2D eigenvalue weighted by atomic mass is 9.61. The van der Waals surface area contributed by atoms with E-state index in [1.807, 2.05) is 6.20 Å². The second-order valence-corrected chi connectivity index (χ2v) is 7.41. The van der Waals surface area contributed by atoms with Crippen LogP contribution in [0.2, 0.25) is 13.6 Å². The van der Waals surface area contributed by atoms with Gasteiger partial charge in [-0.2, -0.15) is 5.10 Å². The van der Waals surface area contributed by atoms with E-state index in [-0.39, 0.29) is 9.84 Å². The number of nitrogens with one attached hydrogen (secondary N) is 1. The molecule has 1 aromatic heterocycles. The van der Waals surface area contributed by atoms with E-state index in [0.717, 1.165) is 12.4 Å². The minimum Gasteiger partial charge on any atom is -0.416 e. The van der Waals surface area contributed by atoms with Gasteiger partial charge in [0.05, 0.1) is 6.20 Å². The van der Waals surface area contributed by atoms with E-state index in [1.54, 1.807) is 0 Å². The number of hydrogen-bond acceptors (Lipinski definition) is 4. The van der Waals surface area contributed by atoms with Gasteiger partial charge >= 0.3 is 14.0 Å². The van der Waals surface area contributed by atoms with Crippen LogP contribution >= 0.6 is 0 Å². The van der Waals surface area contributed by atoms with Crippen molar-refractivity contribution >= 4 is 35.3 Å². The van der Waals surface area contributed by atoms with E-state index in [1.165, 1.54) is 18.5 Å². The van der Waals surface area contributed by atoms with Gasteiger partial charge in [0, 0.05) is 5.69 Å². The molecule has 5 nitrogen and oxygen atoms in total. The Hall–Kier alpha value is -1.66. The zero-order valence-electron chi connectivity index (χ0n) is 14.2. The van der Waals surface area contributed by atoms with Crippen LogP contribution in [0.1, 0.15) is 19.8 Å². The molecule has 1 saturated heterocycles. The highest BCUT2D eigenvalue weighted by Crippen LogP contribution is 2.25. The van der Waals surface area contributed by atoms with Crippen LogP contribution in [-0.2, 0) is 0 Å². The predicted octanol–water partition coefficient (Wildman–Crippen LogP) is 2.34. The fraction of sp³-hybridized carbons (Fsp3) is 0.400. The van der Waals surface area contributed by atoms with Crippen molar-refractivity contribution in [3.8, 4) is 0 Å². The van der Waals surface area contributed by atoms with Gasteiger partial charge in [0.25, 0.3) is 9.84 Å². The van der Waals surface area contributed by atoms with Crippen molar-refractivity contribution in [2.24, 2.45) is 0 Å². The Kier molecular flexibility index (Phi) is 5.12. The van der Waals surface area contributed by atoms with E-state index in [0.29, 0.717) is 14.0 Å². The molecule has 0 unspecified atom stereocenters. The van der Waals surface area contributed by atoms with Gasteiger partial charge in [-0.3, -0.25) is 5.10 Å². The Morgan fingerprint density at radius 3 is 2.48 bits per heavy atom. The Balaban J connectivity index is 1.90. The first-order valence-corrected chi connectivity index (χ1v) is 9.47. The van der Waals surface area contributed by atoms with Crippen LogP contribution in [-0.4, -0.2) is 45.3 Å². The molecule has 3 rings (SSSR count). The van der Waals surface area contributed by atoms with E-state index in [2.05, 4.69) is 80.8 Å². The minimum absolute atomic E-state index is 0.0329. The molecule has 1 aromatic carbocycles. The standard InChI is InChI=1S/C15H24B2N5Si/c1-4-5-13-20-16(2)21(14-9-7-6-8-10-14)23-22(17(20)3)15-11-12-18-19-15/h6-12,23H,4-5,13H2,1-3H3,(H,18,19). The maximum Gasteiger partial charge on any atom is 0.323 e. The molecular formula is C15H24B2N5Si. The number of H-pyrrole nitrogens is 1. The molecule has 0 aliphatic carbocycles. The number of para-hydroxylation sites is 1. The number of unbranched alkanes of at least 4 members (excludes halogenated alkanes) is 1. The number of rotatable bonds is 5. The molecule has 0 saturated carbocycles. The molecule has 2 heterocycles. The molecule has 8 heteroatoms. The molecule has 1 aliphatic heterocycles. The van der Waals surface area contributed by atoms with E-state index < -0.39 is 0 Å². The molecule has 0 bridgehead atoms. The first-order chi connectivity index (χ1) is 11.2. The van der Waals surface area contributed by atoms with Crippen LogP contribution in [0.3, 0.4) is 0 Å². The Morgan fingerprint density at radius 1 is 1.09 bits per heavy atom. The third-order valence-corrected chi connectivity index (χ3v) is 6.54. The molecule has 2 aromatic rings. The van der Waals surface area contributed by atoms with Gasteiger partial charge in [-0.25, -0.2) is 0 Å². The molecule has 1 N–H and O–H groups in total. The summed E-state index contributed by atoms with van der Waals surface area (Å²) in [5.74, 6) is 1.11. The Bertz CT molecular complexity index is 597. The van der Waals surface area contributed by atoms with Crippen molar-refractivity contribution in [1.82, 2.24) is 14.9 Å². The van der Waals surface area contributed by atoms with Crippen molar-refractivity contribution in [3.63, 3.8) is 0 Å². The summed E-state index contributed by atoms with van der Waals surface area (Å²) in [4.78, 5) is 0. The summed E-state index contributed by atoms with van der Waals surface area (Å²) in [5, 5.41) is 7.29. The summed E-state index contributed by atoms with van der Waals surface area (Å²) in [6.45, 7) is 8.80. The van der Waals surface area contributed by atoms with Crippen LogP contribution < -0.4 is 8.95 Å². The van der Waals surface area contributed by atoms with E-state index >= 15 is 0 Å². The van der Waals surface area contributed by atoms with Gasteiger partial charge in [-0.1, -0.05) is 45.2 Å². The molecule has 0 amide bonds. The van der Waals surface area contributed by atoms with Gasteiger partial charge in [0.15, 0.2) is 0 Å². The molecule has 119 valence electrons. The van der Waals surface area contributed by atoms with Crippen molar-refractivity contribution in [2.45, 2.75) is 33.4 Å². The lowest BCUT2D eigenvalue weighted by Gasteiger charge is -2.49. The second kappa shape index (κ2) is 7.27. The largest absolute Gasteiger partial charge is 0.416 e. The van der Waals surface area contributed by atoms with Crippen LogP contribution in [0.5, 0.6) is 0 Å². The average molecular weight is 324 g/mol. The quantitative estimate of drug-likeness (QED) is 0.857. The summed E-state index contributed by atoms with van der Waals surface area (Å²) in [5.41, 5.74) is 1.30. The third kappa shape index (κ3) is 3.33. The smallest absolute Gasteiger partial charge is 0.323 e. The molecule has 1 fully saturated rings. The van der Waals surface area contributed by atoms with Crippen molar-refractivity contribution in [3.05, 3.63) is 42.6 Å². The number of aromatic amines is 1. The number of aromatic nitrogens is 2. The summed E-state index contributed by atoms with van der Waals surface area (Å²) >= 11 is 0. The SMILES string of the molecule is CCCCN1B(C)N(c2ccccc2)[SiH]N(c2ccn[nH]2)B1C.